The molecule has 0 fully saturated rings. The first-order valence-electron chi connectivity index (χ1n) is 8.40. The van der Waals surface area contributed by atoms with Crippen molar-refractivity contribution in [2.75, 3.05) is 24.2 Å². The highest BCUT2D eigenvalue weighted by atomic mass is 19.1. The third-order valence-corrected chi connectivity index (χ3v) is 4.21. The molecule has 0 aliphatic carbocycles. The van der Waals surface area contributed by atoms with E-state index < -0.39 is 6.04 Å². The standard InChI is InChI=1S/C20H24FN3O2/c1-13-5-8-16(9-6-13)22-19(25)12-24(4)15(3)20(26)23-17-10-7-14(2)18(21)11-17/h5-11,15H,12H2,1-4H3,(H,22,25)(H,23,26). The van der Waals surface area contributed by atoms with Crippen LogP contribution < -0.4 is 10.6 Å². The number of rotatable bonds is 6. The van der Waals surface area contributed by atoms with Crippen LogP contribution in [0.2, 0.25) is 0 Å². The fourth-order valence-corrected chi connectivity index (χ4v) is 2.32. The Bertz CT molecular complexity index is 790. The quantitative estimate of drug-likeness (QED) is 0.834. The summed E-state index contributed by atoms with van der Waals surface area (Å²) in [7, 11) is 1.69. The molecule has 2 N–H and O–H groups in total. The summed E-state index contributed by atoms with van der Waals surface area (Å²) in [4.78, 5) is 26.1. The topological polar surface area (TPSA) is 61.4 Å². The van der Waals surface area contributed by atoms with Gasteiger partial charge < -0.3 is 10.6 Å². The van der Waals surface area contributed by atoms with E-state index in [9.17, 15) is 14.0 Å². The zero-order chi connectivity index (χ0) is 19.3. The number of benzene rings is 2. The number of carbonyl (C=O) groups is 2. The van der Waals surface area contributed by atoms with Gasteiger partial charge in [-0.2, -0.15) is 0 Å². The zero-order valence-electron chi connectivity index (χ0n) is 15.5. The molecule has 26 heavy (non-hydrogen) atoms. The van der Waals surface area contributed by atoms with Crippen molar-refractivity contribution in [2.24, 2.45) is 0 Å². The van der Waals surface area contributed by atoms with Crippen LogP contribution >= 0.6 is 0 Å². The van der Waals surface area contributed by atoms with Crippen molar-refractivity contribution in [2.45, 2.75) is 26.8 Å². The van der Waals surface area contributed by atoms with Gasteiger partial charge in [0.05, 0.1) is 12.6 Å². The highest BCUT2D eigenvalue weighted by Crippen LogP contribution is 2.14. The largest absolute Gasteiger partial charge is 0.325 e. The SMILES string of the molecule is Cc1ccc(NC(=O)CN(C)C(C)C(=O)Nc2ccc(C)c(F)c2)cc1. The summed E-state index contributed by atoms with van der Waals surface area (Å²) in [6.07, 6.45) is 0. The number of likely N-dealkylation sites (N-methyl/N-ethyl adjacent to an activating group) is 1. The Kier molecular flexibility index (Phi) is 6.46. The molecule has 0 spiro atoms. The molecule has 2 rings (SSSR count). The molecule has 1 unspecified atom stereocenters. The maximum absolute atomic E-state index is 13.6. The van der Waals surface area contributed by atoms with Crippen molar-refractivity contribution in [3.05, 3.63) is 59.4 Å². The number of amides is 2. The third-order valence-electron chi connectivity index (χ3n) is 4.21. The van der Waals surface area contributed by atoms with Crippen molar-refractivity contribution in [3.8, 4) is 0 Å². The molecule has 6 heteroatoms. The van der Waals surface area contributed by atoms with Gasteiger partial charge in [-0.1, -0.05) is 23.8 Å². The van der Waals surface area contributed by atoms with Crippen LogP contribution in [0.5, 0.6) is 0 Å². The minimum atomic E-state index is -0.553. The number of carbonyl (C=O) groups excluding carboxylic acids is 2. The van der Waals surface area contributed by atoms with Gasteiger partial charge >= 0.3 is 0 Å². The maximum atomic E-state index is 13.6. The van der Waals surface area contributed by atoms with E-state index in [0.717, 1.165) is 5.56 Å². The molecule has 0 aromatic heterocycles. The number of anilines is 2. The molecule has 2 amide bonds. The van der Waals surface area contributed by atoms with Gasteiger partial charge in [0.1, 0.15) is 5.82 Å². The average molecular weight is 357 g/mol. The normalized spacial score (nSPS) is 11.9. The van der Waals surface area contributed by atoms with E-state index in [1.165, 1.54) is 6.07 Å². The molecule has 1 atom stereocenters. The Morgan fingerprint density at radius 1 is 1.04 bits per heavy atom. The summed E-state index contributed by atoms with van der Waals surface area (Å²) in [5.41, 5.74) is 2.72. The lowest BCUT2D eigenvalue weighted by Gasteiger charge is -2.23. The first-order chi connectivity index (χ1) is 12.3. The number of hydrogen-bond donors (Lipinski definition) is 2. The number of halogens is 1. The monoisotopic (exact) mass is 357 g/mol. The van der Waals surface area contributed by atoms with Gasteiger partial charge in [0.2, 0.25) is 11.8 Å². The van der Waals surface area contributed by atoms with Crippen LogP contribution in [0, 0.1) is 19.7 Å². The lowest BCUT2D eigenvalue weighted by atomic mass is 10.2. The Morgan fingerprint density at radius 2 is 1.65 bits per heavy atom. The van der Waals surface area contributed by atoms with E-state index in [1.807, 2.05) is 31.2 Å². The van der Waals surface area contributed by atoms with Crippen molar-refractivity contribution in [3.63, 3.8) is 0 Å². The zero-order valence-corrected chi connectivity index (χ0v) is 15.5. The molecular weight excluding hydrogens is 333 g/mol. The number of aryl methyl sites for hydroxylation is 2. The van der Waals surface area contributed by atoms with Crippen molar-refractivity contribution >= 4 is 23.2 Å². The summed E-state index contributed by atoms with van der Waals surface area (Å²) < 4.78 is 13.6. The Balaban J connectivity index is 1.89. The van der Waals surface area contributed by atoms with Gasteiger partial charge in [0.15, 0.2) is 0 Å². The lowest BCUT2D eigenvalue weighted by molar-refractivity contribution is -0.122. The summed E-state index contributed by atoms with van der Waals surface area (Å²) in [6.45, 7) is 5.38. The van der Waals surface area contributed by atoms with Crippen LogP contribution in [0.3, 0.4) is 0 Å². The van der Waals surface area contributed by atoms with Gasteiger partial charge in [-0.25, -0.2) is 4.39 Å². The van der Waals surface area contributed by atoms with E-state index in [2.05, 4.69) is 10.6 Å². The molecule has 2 aromatic rings. The van der Waals surface area contributed by atoms with Gasteiger partial charge in [0, 0.05) is 11.4 Å². The minimum Gasteiger partial charge on any atom is -0.325 e. The smallest absolute Gasteiger partial charge is 0.241 e. The van der Waals surface area contributed by atoms with Crippen LogP contribution in [0.1, 0.15) is 18.1 Å². The molecule has 5 nitrogen and oxygen atoms in total. The first-order valence-corrected chi connectivity index (χ1v) is 8.40. The fourth-order valence-electron chi connectivity index (χ4n) is 2.32. The lowest BCUT2D eigenvalue weighted by Crippen LogP contribution is -2.43. The second kappa shape index (κ2) is 8.58. The molecule has 0 saturated heterocycles. The Morgan fingerprint density at radius 3 is 2.27 bits per heavy atom. The van der Waals surface area contributed by atoms with Crippen LogP contribution in [0.4, 0.5) is 15.8 Å². The van der Waals surface area contributed by atoms with Crippen LogP contribution in [0.15, 0.2) is 42.5 Å². The average Bonchev–Trinajstić information content (AvgIpc) is 2.59. The molecule has 2 aromatic carbocycles. The second-order valence-corrected chi connectivity index (χ2v) is 6.46. The fraction of sp³-hybridized carbons (Fsp3) is 0.300. The van der Waals surface area contributed by atoms with E-state index in [1.54, 1.807) is 37.9 Å². The summed E-state index contributed by atoms with van der Waals surface area (Å²) in [5, 5.41) is 5.46. The predicted molar refractivity (Wildman–Crippen MR) is 102 cm³/mol. The molecule has 0 radical (unpaired) electrons. The molecular formula is C20H24FN3O2. The molecule has 0 heterocycles. The highest BCUT2D eigenvalue weighted by molar-refractivity contribution is 5.96. The van der Waals surface area contributed by atoms with Crippen LogP contribution in [-0.2, 0) is 9.59 Å². The minimum absolute atomic E-state index is 0.0602. The van der Waals surface area contributed by atoms with Crippen molar-refractivity contribution in [1.82, 2.24) is 4.90 Å². The summed E-state index contributed by atoms with van der Waals surface area (Å²) in [5.74, 6) is -0.891. The highest BCUT2D eigenvalue weighted by Gasteiger charge is 2.20. The molecule has 0 aliphatic rings. The summed E-state index contributed by atoms with van der Waals surface area (Å²) in [6, 6.07) is 11.5. The second-order valence-electron chi connectivity index (χ2n) is 6.46. The molecule has 0 saturated carbocycles. The van der Waals surface area contributed by atoms with Gasteiger partial charge in [-0.05, 0) is 57.6 Å². The number of nitrogens with zero attached hydrogens (tertiary/aromatic N) is 1. The van der Waals surface area contributed by atoms with Gasteiger partial charge in [-0.15, -0.1) is 0 Å². The Labute approximate surface area is 153 Å². The first kappa shape index (κ1) is 19.6. The number of hydrogen-bond acceptors (Lipinski definition) is 3. The maximum Gasteiger partial charge on any atom is 0.241 e. The summed E-state index contributed by atoms with van der Waals surface area (Å²) >= 11 is 0. The van der Waals surface area contributed by atoms with Gasteiger partial charge in [-0.3, -0.25) is 14.5 Å². The Hall–Kier alpha value is -2.73. The van der Waals surface area contributed by atoms with E-state index >= 15 is 0 Å². The van der Waals surface area contributed by atoms with Crippen LogP contribution in [0.25, 0.3) is 0 Å². The van der Waals surface area contributed by atoms with E-state index in [4.69, 9.17) is 0 Å². The molecule has 138 valence electrons. The third kappa shape index (κ3) is 5.39. The van der Waals surface area contributed by atoms with E-state index in [-0.39, 0.29) is 24.2 Å². The van der Waals surface area contributed by atoms with Gasteiger partial charge in [0.25, 0.3) is 0 Å². The predicted octanol–water partition coefficient (Wildman–Crippen LogP) is 3.34. The molecule has 0 bridgehead atoms. The van der Waals surface area contributed by atoms with Crippen molar-refractivity contribution in [1.29, 1.82) is 0 Å². The van der Waals surface area contributed by atoms with Crippen molar-refractivity contribution < 1.29 is 14.0 Å². The van der Waals surface area contributed by atoms with Crippen LogP contribution in [-0.4, -0.2) is 36.3 Å². The van der Waals surface area contributed by atoms with E-state index in [0.29, 0.717) is 16.9 Å². The number of nitrogens with one attached hydrogen (secondary N) is 2. The molecule has 0 aliphatic heterocycles.